The van der Waals surface area contributed by atoms with Gasteiger partial charge in [0.1, 0.15) is 11.9 Å². The third-order valence-electron chi connectivity index (χ3n) is 3.14. The van der Waals surface area contributed by atoms with Crippen molar-refractivity contribution in [2.45, 2.75) is 25.4 Å². The van der Waals surface area contributed by atoms with Gasteiger partial charge in [-0.1, -0.05) is 6.07 Å². The number of benzene rings is 1. The van der Waals surface area contributed by atoms with E-state index < -0.39 is 0 Å². The van der Waals surface area contributed by atoms with Crippen molar-refractivity contribution in [1.82, 2.24) is 10.3 Å². The molecule has 1 aliphatic heterocycles. The Morgan fingerprint density at radius 1 is 1.29 bits per heavy atom. The number of ether oxygens (including phenoxy) is 1. The highest BCUT2D eigenvalue weighted by Crippen LogP contribution is 2.26. The van der Waals surface area contributed by atoms with Gasteiger partial charge >= 0.3 is 0 Å². The standard InChI is InChI=1S/C13H16N2O2/c1-4-11-13(15-9-16-11)12(5-1)17-10-3-2-7-14-8-6-10/h1,4-5,9-10,14H,2-3,6-8H2. The maximum atomic E-state index is 6.04. The van der Waals surface area contributed by atoms with Crippen LogP contribution >= 0.6 is 0 Å². The molecule has 3 rings (SSSR count). The highest BCUT2D eigenvalue weighted by molar-refractivity contribution is 5.79. The number of nitrogens with one attached hydrogen (secondary N) is 1. The van der Waals surface area contributed by atoms with E-state index in [1.54, 1.807) is 0 Å². The molecule has 1 unspecified atom stereocenters. The topological polar surface area (TPSA) is 47.3 Å². The number of nitrogens with zero attached hydrogens (tertiary/aromatic N) is 1. The summed E-state index contributed by atoms with van der Waals surface area (Å²) in [4.78, 5) is 4.20. The molecule has 0 amide bonds. The molecule has 1 aliphatic rings. The van der Waals surface area contributed by atoms with Crippen molar-refractivity contribution >= 4 is 11.1 Å². The highest BCUT2D eigenvalue weighted by atomic mass is 16.5. The van der Waals surface area contributed by atoms with E-state index >= 15 is 0 Å². The second-order valence-corrected chi connectivity index (χ2v) is 4.38. The third-order valence-corrected chi connectivity index (χ3v) is 3.14. The molecule has 1 fully saturated rings. The van der Waals surface area contributed by atoms with Gasteiger partial charge in [0.05, 0.1) is 0 Å². The zero-order valence-electron chi connectivity index (χ0n) is 9.69. The molecule has 90 valence electrons. The van der Waals surface area contributed by atoms with Gasteiger partial charge in [0.15, 0.2) is 17.5 Å². The summed E-state index contributed by atoms with van der Waals surface area (Å²) in [6.07, 6.45) is 5.06. The van der Waals surface area contributed by atoms with Gasteiger partial charge in [-0.15, -0.1) is 0 Å². The average molecular weight is 232 g/mol. The summed E-state index contributed by atoms with van der Waals surface area (Å²) < 4.78 is 11.3. The molecule has 2 heterocycles. The molecule has 1 saturated heterocycles. The fourth-order valence-corrected chi connectivity index (χ4v) is 2.24. The first-order chi connectivity index (χ1) is 8.43. The number of hydrogen-bond acceptors (Lipinski definition) is 4. The lowest BCUT2D eigenvalue weighted by atomic mass is 10.1. The van der Waals surface area contributed by atoms with E-state index in [1.807, 2.05) is 18.2 Å². The molecular weight excluding hydrogens is 216 g/mol. The lowest BCUT2D eigenvalue weighted by molar-refractivity contribution is 0.189. The smallest absolute Gasteiger partial charge is 0.182 e. The van der Waals surface area contributed by atoms with Gasteiger partial charge in [0.25, 0.3) is 0 Å². The number of fused-ring (bicyclic) bond motifs is 1. The number of para-hydroxylation sites is 1. The van der Waals surface area contributed by atoms with Gasteiger partial charge in [-0.05, 0) is 44.5 Å². The molecule has 4 heteroatoms. The van der Waals surface area contributed by atoms with Gasteiger partial charge in [-0.3, -0.25) is 0 Å². The SMILES string of the molecule is c1cc(OC2CCCNCC2)c2ncoc2c1. The second-order valence-electron chi connectivity index (χ2n) is 4.38. The average Bonchev–Trinajstić information content (AvgIpc) is 2.69. The Balaban J connectivity index is 1.81. The minimum Gasteiger partial charge on any atom is -0.488 e. The second kappa shape index (κ2) is 4.75. The Kier molecular flexibility index (Phi) is 2.96. The first kappa shape index (κ1) is 10.6. The Morgan fingerprint density at radius 3 is 3.29 bits per heavy atom. The van der Waals surface area contributed by atoms with Crippen molar-refractivity contribution in [3.8, 4) is 5.75 Å². The predicted molar refractivity (Wildman–Crippen MR) is 65.1 cm³/mol. The number of aromatic nitrogens is 1. The molecule has 1 aromatic heterocycles. The van der Waals surface area contributed by atoms with Crippen LogP contribution in [-0.4, -0.2) is 24.2 Å². The van der Waals surface area contributed by atoms with E-state index in [4.69, 9.17) is 9.15 Å². The zero-order valence-corrected chi connectivity index (χ0v) is 9.69. The molecule has 2 aromatic rings. The van der Waals surface area contributed by atoms with E-state index in [9.17, 15) is 0 Å². The monoisotopic (exact) mass is 232 g/mol. The number of oxazole rings is 1. The molecule has 0 bridgehead atoms. The largest absolute Gasteiger partial charge is 0.488 e. The minimum atomic E-state index is 0.285. The Bertz CT molecular complexity index is 487. The van der Waals surface area contributed by atoms with E-state index in [2.05, 4.69) is 10.3 Å². The fourth-order valence-electron chi connectivity index (χ4n) is 2.24. The van der Waals surface area contributed by atoms with Crippen LogP contribution in [0.2, 0.25) is 0 Å². The van der Waals surface area contributed by atoms with Crippen molar-refractivity contribution in [1.29, 1.82) is 0 Å². The van der Waals surface area contributed by atoms with Crippen molar-refractivity contribution in [3.05, 3.63) is 24.6 Å². The van der Waals surface area contributed by atoms with Crippen molar-refractivity contribution in [2.75, 3.05) is 13.1 Å². The maximum absolute atomic E-state index is 6.04. The van der Waals surface area contributed by atoms with Crippen LogP contribution in [0.15, 0.2) is 29.0 Å². The van der Waals surface area contributed by atoms with Crippen molar-refractivity contribution in [2.24, 2.45) is 0 Å². The Hall–Kier alpha value is -1.55. The van der Waals surface area contributed by atoms with Crippen LogP contribution in [0, 0.1) is 0 Å². The first-order valence-electron chi connectivity index (χ1n) is 6.13. The summed E-state index contributed by atoms with van der Waals surface area (Å²) in [6.45, 7) is 2.12. The summed E-state index contributed by atoms with van der Waals surface area (Å²) in [5.74, 6) is 0.836. The van der Waals surface area contributed by atoms with Crippen LogP contribution < -0.4 is 10.1 Å². The van der Waals surface area contributed by atoms with E-state index in [0.717, 1.165) is 42.8 Å². The van der Waals surface area contributed by atoms with Crippen LogP contribution in [0.5, 0.6) is 5.75 Å². The molecule has 0 saturated carbocycles. The van der Waals surface area contributed by atoms with Crippen LogP contribution in [0.4, 0.5) is 0 Å². The summed E-state index contributed by atoms with van der Waals surface area (Å²) in [6, 6.07) is 5.81. The van der Waals surface area contributed by atoms with Gasteiger partial charge < -0.3 is 14.5 Å². The van der Waals surface area contributed by atoms with Crippen LogP contribution in [-0.2, 0) is 0 Å². The van der Waals surface area contributed by atoms with Crippen LogP contribution in [0.1, 0.15) is 19.3 Å². The minimum absolute atomic E-state index is 0.285. The molecular formula is C13H16N2O2. The van der Waals surface area contributed by atoms with Gasteiger partial charge in [0.2, 0.25) is 0 Å². The van der Waals surface area contributed by atoms with Crippen LogP contribution in [0.3, 0.4) is 0 Å². The van der Waals surface area contributed by atoms with Gasteiger partial charge in [-0.2, -0.15) is 0 Å². The summed E-state index contributed by atoms with van der Waals surface area (Å²) in [5, 5.41) is 3.38. The molecule has 0 aliphatic carbocycles. The van der Waals surface area contributed by atoms with Gasteiger partial charge in [0, 0.05) is 0 Å². The predicted octanol–water partition coefficient (Wildman–Crippen LogP) is 2.35. The van der Waals surface area contributed by atoms with E-state index in [0.29, 0.717) is 0 Å². The zero-order chi connectivity index (χ0) is 11.5. The molecule has 17 heavy (non-hydrogen) atoms. The Labute approximate surface area is 100.0 Å². The Morgan fingerprint density at radius 2 is 2.29 bits per heavy atom. The molecule has 1 aromatic carbocycles. The van der Waals surface area contributed by atoms with E-state index in [-0.39, 0.29) is 6.10 Å². The van der Waals surface area contributed by atoms with Crippen LogP contribution in [0.25, 0.3) is 11.1 Å². The molecule has 1 atom stereocenters. The van der Waals surface area contributed by atoms with Crippen molar-refractivity contribution in [3.63, 3.8) is 0 Å². The summed E-state index contributed by atoms with van der Waals surface area (Å²) in [7, 11) is 0. The number of rotatable bonds is 2. The molecule has 0 spiro atoms. The number of hydrogen-bond donors (Lipinski definition) is 1. The molecule has 4 nitrogen and oxygen atoms in total. The normalized spacial score (nSPS) is 21.3. The van der Waals surface area contributed by atoms with Gasteiger partial charge in [-0.25, -0.2) is 4.98 Å². The third kappa shape index (κ3) is 2.26. The highest BCUT2D eigenvalue weighted by Gasteiger charge is 2.15. The fraction of sp³-hybridized carbons (Fsp3) is 0.462. The van der Waals surface area contributed by atoms with Crippen molar-refractivity contribution < 1.29 is 9.15 Å². The maximum Gasteiger partial charge on any atom is 0.182 e. The summed E-state index contributed by atoms with van der Waals surface area (Å²) in [5.41, 5.74) is 1.61. The molecule has 0 radical (unpaired) electrons. The molecule has 1 N–H and O–H groups in total. The lowest BCUT2D eigenvalue weighted by Crippen LogP contribution is -2.19. The van der Waals surface area contributed by atoms with E-state index in [1.165, 1.54) is 12.8 Å². The first-order valence-corrected chi connectivity index (χ1v) is 6.13. The quantitative estimate of drug-likeness (QED) is 0.863. The lowest BCUT2D eigenvalue weighted by Gasteiger charge is -2.16. The summed E-state index contributed by atoms with van der Waals surface area (Å²) >= 11 is 0.